The van der Waals surface area contributed by atoms with Crippen molar-refractivity contribution < 1.29 is 23.6 Å². The van der Waals surface area contributed by atoms with E-state index in [4.69, 9.17) is 17.2 Å². The van der Waals surface area contributed by atoms with Crippen LogP contribution in [0.4, 0.5) is 9.18 Å². The summed E-state index contributed by atoms with van der Waals surface area (Å²) < 4.78 is 13.5. The van der Waals surface area contributed by atoms with E-state index in [1.54, 1.807) is 0 Å². The SMILES string of the molecule is NCCCCC(NC(=O)[C@@H](Cc1ccc(F)cc1)N(C(N)=O)C(=O)[CH]Cc1ccc2ccccc2c1)C(N)=O. The summed E-state index contributed by atoms with van der Waals surface area (Å²) in [5.74, 6) is -2.82. The lowest BCUT2D eigenvalue weighted by Crippen LogP contribution is -2.58. The Kier molecular flexibility index (Phi) is 10.5. The number of benzene rings is 3. The molecule has 0 aromatic heterocycles. The van der Waals surface area contributed by atoms with Crippen LogP contribution in [0.15, 0.2) is 66.7 Å². The summed E-state index contributed by atoms with van der Waals surface area (Å²) in [6.45, 7) is 0.406. The molecule has 5 amide bonds. The second-order valence-electron chi connectivity index (χ2n) is 9.23. The van der Waals surface area contributed by atoms with Crippen LogP contribution in [0.1, 0.15) is 30.4 Å². The number of rotatable bonds is 13. The third-order valence-electron chi connectivity index (χ3n) is 6.36. The highest BCUT2D eigenvalue weighted by Crippen LogP contribution is 2.18. The molecule has 0 fully saturated rings. The van der Waals surface area contributed by atoms with Gasteiger partial charge in [-0.15, -0.1) is 0 Å². The molecule has 39 heavy (non-hydrogen) atoms. The van der Waals surface area contributed by atoms with E-state index in [0.29, 0.717) is 29.8 Å². The highest BCUT2D eigenvalue weighted by atomic mass is 19.1. The zero-order chi connectivity index (χ0) is 28.4. The van der Waals surface area contributed by atoms with E-state index < -0.39 is 41.7 Å². The lowest BCUT2D eigenvalue weighted by molar-refractivity contribution is -0.136. The van der Waals surface area contributed by atoms with E-state index in [2.05, 4.69) is 5.32 Å². The van der Waals surface area contributed by atoms with Crippen molar-refractivity contribution >= 4 is 34.5 Å². The van der Waals surface area contributed by atoms with Gasteiger partial charge in [0, 0.05) is 6.42 Å². The molecule has 3 aromatic carbocycles. The lowest BCUT2D eigenvalue weighted by atomic mass is 10.0. The zero-order valence-electron chi connectivity index (χ0n) is 21.5. The number of nitrogens with two attached hydrogens (primary N) is 3. The molecule has 1 unspecified atom stereocenters. The number of hydrogen-bond acceptors (Lipinski definition) is 5. The van der Waals surface area contributed by atoms with Crippen molar-refractivity contribution in [3.63, 3.8) is 0 Å². The molecule has 0 bridgehead atoms. The van der Waals surface area contributed by atoms with Crippen LogP contribution < -0.4 is 22.5 Å². The van der Waals surface area contributed by atoms with E-state index in [9.17, 15) is 23.6 Å². The molecular formula is C29H33FN5O4. The number of amides is 5. The number of carbonyl (C=O) groups is 4. The summed E-state index contributed by atoms with van der Waals surface area (Å²) in [5.41, 5.74) is 17.9. The molecule has 2 atom stereocenters. The molecule has 0 saturated carbocycles. The molecule has 0 aliphatic heterocycles. The van der Waals surface area contributed by atoms with Crippen LogP contribution in [0.5, 0.6) is 0 Å². The molecule has 0 aliphatic carbocycles. The van der Waals surface area contributed by atoms with E-state index in [1.807, 2.05) is 42.5 Å². The van der Waals surface area contributed by atoms with Crippen LogP contribution in [0, 0.1) is 12.2 Å². The van der Waals surface area contributed by atoms with E-state index in [1.165, 1.54) is 30.7 Å². The van der Waals surface area contributed by atoms with Gasteiger partial charge in [-0.3, -0.25) is 19.3 Å². The predicted molar refractivity (Wildman–Crippen MR) is 146 cm³/mol. The Morgan fingerprint density at radius 2 is 1.56 bits per heavy atom. The average molecular weight is 535 g/mol. The minimum Gasteiger partial charge on any atom is -0.368 e. The standard InChI is InChI=1S/C29H33FN5O4/c30-23-13-9-20(10-14-23)18-25(28(38)34-24(27(32)37)7-3-4-16-31)35(29(33)39)26(36)15-11-19-8-12-21-5-1-2-6-22(21)17-19/h1-2,5-6,8-10,12-15,17,24-25H,3-4,7,11,16,18,31H2,(H2,32,37)(H2,33,39)(H,34,38)/t24?,25-/m1/s1. The van der Waals surface area contributed by atoms with E-state index >= 15 is 0 Å². The molecule has 0 spiro atoms. The van der Waals surface area contributed by atoms with Crippen molar-refractivity contribution in [2.45, 2.75) is 44.2 Å². The number of primary amides is 2. The number of hydrogen-bond donors (Lipinski definition) is 4. The second-order valence-corrected chi connectivity index (χ2v) is 9.23. The van der Waals surface area contributed by atoms with Gasteiger partial charge in [0.1, 0.15) is 17.9 Å². The number of halogens is 1. The number of urea groups is 1. The van der Waals surface area contributed by atoms with Crippen LogP contribution in [-0.2, 0) is 27.2 Å². The number of nitrogens with one attached hydrogen (secondary N) is 1. The molecule has 3 rings (SSSR count). The van der Waals surface area contributed by atoms with Gasteiger partial charge >= 0.3 is 6.03 Å². The largest absolute Gasteiger partial charge is 0.368 e. The Morgan fingerprint density at radius 1 is 0.897 bits per heavy atom. The molecule has 7 N–H and O–H groups in total. The maximum atomic E-state index is 13.5. The first-order chi connectivity index (χ1) is 18.7. The summed E-state index contributed by atoms with van der Waals surface area (Å²) >= 11 is 0. The van der Waals surface area contributed by atoms with Crippen molar-refractivity contribution in [1.82, 2.24) is 10.2 Å². The van der Waals surface area contributed by atoms with Crippen molar-refractivity contribution in [2.75, 3.05) is 6.54 Å². The van der Waals surface area contributed by atoms with Gasteiger partial charge in [-0.05, 0) is 66.3 Å². The first kappa shape index (κ1) is 29.2. The minimum atomic E-state index is -1.41. The summed E-state index contributed by atoms with van der Waals surface area (Å²) in [4.78, 5) is 51.8. The first-order valence-electron chi connectivity index (χ1n) is 12.7. The smallest absolute Gasteiger partial charge is 0.322 e. The van der Waals surface area contributed by atoms with Crippen molar-refractivity contribution in [2.24, 2.45) is 17.2 Å². The van der Waals surface area contributed by atoms with Crippen LogP contribution in [0.2, 0.25) is 0 Å². The Morgan fingerprint density at radius 3 is 2.21 bits per heavy atom. The molecule has 10 heteroatoms. The summed E-state index contributed by atoms with van der Waals surface area (Å²) in [5, 5.41) is 4.58. The number of unbranched alkanes of at least 4 members (excludes halogenated alkanes) is 1. The fraction of sp³-hybridized carbons (Fsp3) is 0.276. The van der Waals surface area contributed by atoms with Gasteiger partial charge < -0.3 is 22.5 Å². The van der Waals surface area contributed by atoms with Gasteiger partial charge in [-0.1, -0.05) is 54.6 Å². The quantitative estimate of drug-likeness (QED) is 0.247. The molecular weight excluding hydrogens is 501 g/mol. The maximum Gasteiger partial charge on any atom is 0.322 e. The zero-order valence-corrected chi connectivity index (χ0v) is 21.5. The van der Waals surface area contributed by atoms with Crippen LogP contribution in [0.25, 0.3) is 10.8 Å². The number of carbonyl (C=O) groups excluding carboxylic acids is 4. The van der Waals surface area contributed by atoms with Crippen LogP contribution in [-0.4, -0.2) is 47.3 Å². The molecule has 1 radical (unpaired) electrons. The monoisotopic (exact) mass is 534 g/mol. The Bertz CT molecular complexity index is 1310. The third-order valence-corrected chi connectivity index (χ3v) is 6.36. The summed E-state index contributed by atoms with van der Waals surface area (Å²) in [7, 11) is 0. The first-order valence-corrected chi connectivity index (χ1v) is 12.7. The third kappa shape index (κ3) is 8.34. The summed E-state index contributed by atoms with van der Waals surface area (Å²) in [6, 6.07) is 15.1. The summed E-state index contributed by atoms with van der Waals surface area (Å²) in [6.07, 6.45) is 2.69. The fourth-order valence-electron chi connectivity index (χ4n) is 4.28. The van der Waals surface area contributed by atoms with Gasteiger partial charge in [0.05, 0.1) is 6.42 Å². The number of imide groups is 1. The average Bonchev–Trinajstić information content (AvgIpc) is 2.91. The van der Waals surface area contributed by atoms with Gasteiger partial charge in [0.15, 0.2) is 0 Å². The van der Waals surface area contributed by atoms with Gasteiger partial charge in [0.25, 0.3) is 0 Å². The number of fused-ring (bicyclic) bond motifs is 1. The van der Waals surface area contributed by atoms with Gasteiger partial charge in [-0.25, -0.2) is 9.18 Å². The molecule has 9 nitrogen and oxygen atoms in total. The molecule has 205 valence electrons. The fourth-order valence-corrected chi connectivity index (χ4v) is 4.28. The normalized spacial score (nSPS) is 12.5. The van der Waals surface area contributed by atoms with E-state index in [-0.39, 0.29) is 19.3 Å². The van der Waals surface area contributed by atoms with Crippen molar-refractivity contribution in [3.05, 3.63) is 90.1 Å². The Hall–Kier alpha value is -4.31. The molecule has 0 saturated heterocycles. The highest BCUT2D eigenvalue weighted by molar-refractivity contribution is 6.03. The minimum absolute atomic E-state index is 0.154. The number of nitrogens with zero attached hydrogens (tertiary/aromatic N) is 1. The molecule has 0 heterocycles. The Balaban J connectivity index is 1.83. The van der Waals surface area contributed by atoms with E-state index in [0.717, 1.165) is 16.3 Å². The van der Waals surface area contributed by atoms with Gasteiger partial charge in [-0.2, -0.15) is 0 Å². The Labute approximate surface area is 226 Å². The van der Waals surface area contributed by atoms with Crippen molar-refractivity contribution in [1.29, 1.82) is 0 Å². The van der Waals surface area contributed by atoms with Crippen molar-refractivity contribution in [3.8, 4) is 0 Å². The lowest BCUT2D eigenvalue weighted by Gasteiger charge is -2.29. The van der Waals surface area contributed by atoms with Crippen LogP contribution in [0.3, 0.4) is 0 Å². The predicted octanol–water partition coefficient (Wildman–Crippen LogP) is 2.34. The van der Waals surface area contributed by atoms with Crippen LogP contribution >= 0.6 is 0 Å². The maximum absolute atomic E-state index is 13.5. The highest BCUT2D eigenvalue weighted by Gasteiger charge is 2.35. The van der Waals surface area contributed by atoms with Gasteiger partial charge in [0.2, 0.25) is 17.7 Å². The topological polar surface area (TPSA) is 162 Å². The second kappa shape index (κ2) is 14.0. The molecule has 0 aliphatic rings. The molecule has 3 aromatic rings.